The number of anilines is 1. The maximum absolute atomic E-state index is 12.2. The van der Waals surface area contributed by atoms with Gasteiger partial charge in [-0.3, -0.25) is 9.59 Å². The number of carbonyl (C=O) groups is 2. The quantitative estimate of drug-likeness (QED) is 0.791. The van der Waals surface area contributed by atoms with E-state index in [0.29, 0.717) is 10.3 Å². The summed E-state index contributed by atoms with van der Waals surface area (Å²) in [6.07, 6.45) is 6.65. The summed E-state index contributed by atoms with van der Waals surface area (Å²) in [5.74, 6) is -0.961. The third-order valence-corrected chi connectivity index (χ3v) is 4.46. The van der Waals surface area contributed by atoms with Crippen molar-refractivity contribution in [3.63, 3.8) is 0 Å². The Morgan fingerprint density at radius 2 is 1.95 bits per heavy atom. The lowest BCUT2D eigenvalue weighted by Crippen LogP contribution is -2.32. The smallest absolute Gasteiger partial charge is 0.303 e. The van der Waals surface area contributed by atoms with Gasteiger partial charge >= 0.3 is 5.97 Å². The SMILES string of the molecule is O=C(O)CC1(CC(=O)Nc2ccc(Br)nc2)CCCCC1. The van der Waals surface area contributed by atoms with Gasteiger partial charge in [-0.1, -0.05) is 19.3 Å². The summed E-state index contributed by atoms with van der Waals surface area (Å²) in [6.45, 7) is 0. The Balaban J connectivity index is 2.00. The molecule has 0 unspecified atom stereocenters. The van der Waals surface area contributed by atoms with Crippen molar-refractivity contribution >= 4 is 33.5 Å². The van der Waals surface area contributed by atoms with Crippen LogP contribution in [0.5, 0.6) is 0 Å². The van der Waals surface area contributed by atoms with Gasteiger partial charge in [0.05, 0.1) is 18.3 Å². The van der Waals surface area contributed by atoms with Crippen LogP contribution in [0.1, 0.15) is 44.9 Å². The molecular weight excluding hydrogens is 336 g/mol. The Labute approximate surface area is 132 Å². The molecule has 5 nitrogen and oxygen atoms in total. The summed E-state index contributed by atoms with van der Waals surface area (Å²) in [5, 5.41) is 11.9. The Hall–Kier alpha value is -1.43. The molecule has 2 N–H and O–H groups in total. The summed E-state index contributed by atoms with van der Waals surface area (Å²) in [5.41, 5.74) is 0.237. The molecule has 0 atom stereocenters. The number of amides is 1. The van der Waals surface area contributed by atoms with E-state index >= 15 is 0 Å². The Bertz CT molecular complexity index is 510. The lowest BCUT2D eigenvalue weighted by atomic mass is 9.69. The molecule has 21 heavy (non-hydrogen) atoms. The fraction of sp³-hybridized carbons (Fsp3) is 0.533. The number of nitrogens with zero attached hydrogens (tertiary/aromatic N) is 1. The van der Waals surface area contributed by atoms with Crippen LogP contribution in [0.2, 0.25) is 0 Å². The number of hydrogen-bond donors (Lipinski definition) is 2. The molecule has 0 spiro atoms. The molecule has 2 rings (SSSR count). The van der Waals surface area contributed by atoms with Crippen LogP contribution >= 0.6 is 15.9 Å². The third kappa shape index (κ3) is 4.81. The predicted molar refractivity (Wildman–Crippen MR) is 83.0 cm³/mol. The second-order valence-electron chi connectivity index (χ2n) is 5.73. The summed E-state index contributed by atoms with van der Waals surface area (Å²) in [7, 11) is 0. The van der Waals surface area contributed by atoms with E-state index in [2.05, 4.69) is 26.2 Å². The first kappa shape index (κ1) is 15.9. The van der Waals surface area contributed by atoms with E-state index in [4.69, 9.17) is 5.11 Å². The molecule has 1 saturated carbocycles. The zero-order valence-electron chi connectivity index (χ0n) is 11.8. The van der Waals surface area contributed by atoms with Gasteiger partial charge < -0.3 is 10.4 Å². The first-order valence-corrected chi connectivity index (χ1v) is 7.92. The van der Waals surface area contributed by atoms with Crippen LogP contribution in [0.4, 0.5) is 5.69 Å². The molecule has 0 radical (unpaired) electrons. The second kappa shape index (κ2) is 7.02. The minimum atomic E-state index is -0.824. The van der Waals surface area contributed by atoms with E-state index in [9.17, 15) is 9.59 Å². The molecule has 114 valence electrons. The number of pyridine rings is 1. The fourth-order valence-corrected chi connectivity index (χ4v) is 3.27. The Morgan fingerprint density at radius 1 is 1.24 bits per heavy atom. The van der Waals surface area contributed by atoms with Gasteiger partial charge in [-0.15, -0.1) is 0 Å². The van der Waals surface area contributed by atoms with Gasteiger partial charge in [0.25, 0.3) is 0 Å². The number of hydrogen-bond acceptors (Lipinski definition) is 3. The van der Waals surface area contributed by atoms with Crippen molar-refractivity contribution in [2.24, 2.45) is 5.41 Å². The van der Waals surface area contributed by atoms with E-state index in [-0.39, 0.29) is 18.7 Å². The first-order chi connectivity index (χ1) is 9.99. The molecule has 1 aliphatic carbocycles. The number of nitrogens with one attached hydrogen (secondary N) is 1. The average molecular weight is 355 g/mol. The van der Waals surface area contributed by atoms with Crippen molar-refractivity contribution in [3.05, 3.63) is 22.9 Å². The molecule has 1 amide bonds. The highest BCUT2D eigenvalue weighted by molar-refractivity contribution is 9.10. The van der Waals surface area contributed by atoms with Crippen molar-refractivity contribution in [1.82, 2.24) is 4.98 Å². The van der Waals surface area contributed by atoms with Crippen LogP contribution in [0.3, 0.4) is 0 Å². The predicted octanol–water partition coefficient (Wildman–Crippen LogP) is 3.60. The van der Waals surface area contributed by atoms with E-state index in [0.717, 1.165) is 32.1 Å². The largest absolute Gasteiger partial charge is 0.481 e. The zero-order chi connectivity index (χ0) is 15.3. The number of carbonyl (C=O) groups excluding carboxylic acids is 1. The minimum Gasteiger partial charge on any atom is -0.481 e. The van der Waals surface area contributed by atoms with Crippen LogP contribution in [-0.4, -0.2) is 22.0 Å². The monoisotopic (exact) mass is 354 g/mol. The van der Waals surface area contributed by atoms with Crippen molar-refractivity contribution in [2.75, 3.05) is 5.32 Å². The average Bonchev–Trinajstić information content (AvgIpc) is 2.41. The van der Waals surface area contributed by atoms with Crippen molar-refractivity contribution in [2.45, 2.75) is 44.9 Å². The van der Waals surface area contributed by atoms with Crippen molar-refractivity contribution in [3.8, 4) is 0 Å². The summed E-state index contributed by atoms with van der Waals surface area (Å²) >= 11 is 3.24. The van der Waals surface area contributed by atoms with Gasteiger partial charge in [0, 0.05) is 6.42 Å². The van der Waals surface area contributed by atoms with Crippen molar-refractivity contribution in [1.29, 1.82) is 0 Å². The molecule has 1 aliphatic rings. The Kier molecular flexibility index (Phi) is 5.33. The van der Waals surface area contributed by atoms with Gasteiger partial charge in [0.1, 0.15) is 4.60 Å². The van der Waals surface area contributed by atoms with Gasteiger partial charge in [-0.25, -0.2) is 4.98 Å². The number of aliphatic carboxylic acids is 1. The molecule has 1 aromatic rings. The second-order valence-corrected chi connectivity index (χ2v) is 6.54. The lowest BCUT2D eigenvalue weighted by molar-refractivity contribution is -0.140. The van der Waals surface area contributed by atoms with Crippen molar-refractivity contribution < 1.29 is 14.7 Å². The number of carboxylic acid groups (broad SMARTS) is 1. The van der Waals surface area contributed by atoms with Gasteiger partial charge in [-0.2, -0.15) is 0 Å². The zero-order valence-corrected chi connectivity index (χ0v) is 13.4. The number of rotatable bonds is 5. The number of carboxylic acids is 1. The maximum Gasteiger partial charge on any atom is 0.303 e. The Morgan fingerprint density at radius 3 is 2.52 bits per heavy atom. The van der Waals surface area contributed by atoms with E-state index in [1.807, 2.05) is 0 Å². The topological polar surface area (TPSA) is 79.3 Å². The van der Waals surface area contributed by atoms with E-state index in [1.54, 1.807) is 18.3 Å². The van der Waals surface area contributed by atoms with Crippen LogP contribution < -0.4 is 5.32 Å². The minimum absolute atomic E-state index is 0.0685. The fourth-order valence-electron chi connectivity index (χ4n) is 3.03. The normalized spacial score (nSPS) is 17.2. The standard InChI is InChI=1S/C15H19BrN2O3/c16-12-5-4-11(10-17-12)18-13(19)8-15(9-14(20)21)6-2-1-3-7-15/h4-5,10H,1-3,6-9H2,(H,18,19)(H,20,21). The first-order valence-electron chi connectivity index (χ1n) is 7.12. The van der Waals surface area contributed by atoms with Crippen LogP contribution in [-0.2, 0) is 9.59 Å². The molecule has 0 aliphatic heterocycles. The molecule has 1 aromatic heterocycles. The van der Waals surface area contributed by atoms with E-state index in [1.165, 1.54) is 0 Å². The van der Waals surface area contributed by atoms with Gasteiger partial charge in [0.15, 0.2) is 0 Å². The van der Waals surface area contributed by atoms with E-state index < -0.39 is 11.4 Å². The van der Waals surface area contributed by atoms with Crippen LogP contribution in [0, 0.1) is 5.41 Å². The molecule has 0 aromatic carbocycles. The van der Waals surface area contributed by atoms with Gasteiger partial charge in [0.2, 0.25) is 5.91 Å². The number of aromatic nitrogens is 1. The highest BCUT2D eigenvalue weighted by Crippen LogP contribution is 2.42. The molecule has 0 saturated heterocycles. The molecule has 1 heterocycles. The maximum atomic E-state index is 12.2. The highest BCUT2D eigenvalue weighted by Gasteiger charge is 2.36. The summed E-state index contributed by atoms with van der Waals surface area (Å²) in [6, 6.07) is 3.52. The highest BCUT2D eigenvalue weighted by atomic mass is 79.9. The third-order valence-electron chi connectivity index (χ3n) is 3.99. The lowest BCUT2D eigenvalue weighted by Gasteiger charge is -2.35. The summed E-state index contributed by atoms with van der Waals surface area (Å²) < 4.78 is 0.704. The summed E-state index contributed by atoms with van der Waals surface area (Å²) in [4.78, 5) is 27.4. The van der Waals surface area contributed by atoms with Crippen LogP contribution in [0.25, 0.3) is 0 Å². The van der Waals surface area contributed by atoms with Crippen LogP contribution in [0.15, 0.2) is 22.9 Å². The molecule has 1 fully saturated rings. The number of halogens is 1. The van der Waals surface area contributed by atoms with Gasteiger partial charge in [-0.05, 0) is 46.3 Å². The molecule has 6 heteroatoms. The molecular formula is C15H19BrN2O3. The molecule has 0 bridgehead atoms.